The van der Waals surface area contributed by atoms with Crippen LogP contribution < -0.4 is 0 Å². The summed E-state index contributed by atoms with van der Waals surface area (Å²) >= 11 is 1.44. The summed E-state index contributed by atoms with van der Waals surface area (Å²) in [5, 5.41) is 0. The van der Waals surface area contributed by atoms with Crippen molar-refractivity contribution in [1.29, 1.82) is 0 Å². The Morgan fingerprint density at radius 3 is 2.63 bits per heavy atom. The van der Waals surface area contributed by atoms with Crippen LogP contribution in [-0.4, -0.2) is 21.0 Å². The van der Waals surface area contributed by atoms with Gasteiger partial charge in [-0.15, -0.1) is 16.3 Å². The van der Waals surface area contributed by atoms with Crippen LogP contribution in [0.4, 0.5) is 0 Å². The van der Waals surface area contributed by atoms with Crippen LogP contribution >= 0.6 is 20.4 Å². The van der Waals surface area contributed by atoms with Gasteiger partial charge in [-0.2, -0.15) is 8.42 Å². The van der Waals surface area contributed by atoms with Crippen molar-refractivity contribution in [3.63, 3.8) is 0 Å². The summed E-state index contributed by atoms with van der Waals surface area (Å²) in [5.74, 6) is 0.758. The van der Waals surface area contributed by atoms with Gasteiger partial charge in [0.05, 0.1) is 0 Å². The summed E-state index contributed by atoms with van der Waals surface area (Å²) < 4.78 is 43.7. The van der Waals surface area contributed by atoms with Crippen LogP contribution in [0.2, 0.25) is 0 Å². The van der Waals surface area contributed by atoms with E-state index in [0.29, 0.717) is 16.9 Å². The molecule has 0 radical (unpaired) electrons. The Labute approximate surface area is 119 Å². The molecule has 0 heterocycles. The van der Waals surface area contributed by atoms with Gasteiger partial charge in [0.2, 0.25) is 6.79 Å². The summed E-state index contributed by atoms with van der Waals surface area (Å²) in [6.45, 7) is 3.28. The van der Waals surface area contributed by atoms with Crippen LogP contribution in [0.1, 0.15) is 19.4 Å². The standard InChI is InChI=1S/C11H16O5PS2/c1-3-9-6-5-7-10(18-4-2)11(9)19(13,14)16-8-15-17-12/h5-7,17H,3-4,8H2,1-2H3/q+1. The fraction of sp³-hybridized carbons (Fsp3) is 0.455. The van der Waals surface area contributed by atoms with E-state index in [4.69, 9.17) is 4.18 Å². The van der Waals surface area contributed by atoms with E-state index in [9.17, 15) is 13.0 Å². The topological polar surface area (TPSA) is 69.7 Å². The fourth-order valence-corrected chi connectivity index (χ4v) is 4.13. The van der Waals surface area contributed by atoms with E-state index in [1.54, 1.807) is 12.1 Å². The number of hydrogen-bond donors (Lipinski definition) is 0. The van der Waals surface area contributed by atoms with E-state index in [1.165, 1.54) is 11.8 Å². The molecule has 0 fully saturated rings. The molecule has 1 aromatic rings. The highest BCUT2D eigenvalue weighted by Crippen LogP contribution is 2.31. The first-order valence-corrected chi connectivity index (χ1v) is 8.90. The van der Waals surface area contributed by atoms with E-state index in [2.05, 4.69) is 4.52 Å². The number of benzene rings is 1. The number of hydrogen-bond acceptors (Lipinski definition) is 6. The molecular weight excluding hydrogens is 307 g/mol. The van der Waals surface area contributed by atoms with Crippen molar-refractivity contribution in [3.05, 3.63) is 23.8 Å². The minimum atomic E-state index is -3.91. The predicted octanol–water partition coefficient (Wildman–Crippen LogP) is 2.98. The molecular formula is C11H16O5PS2+. The van der Waals surface area contributed by atoms with Crippen molar-refractivity contribution in [2.24, 2.45) is 0 Å². The molecule has 5 nitrogen and oxygen atoms in total. The van der Waals surface area contributed by atoms with Gasteiger partial charge in [0.15, 0.2) is 0 Å². The first kappa shape index (κ1) is 16.6. The molecule has 0 saturated carbocycles. The molecule has 106 valence electrons. The Hall–Kier alpha value is -0.460. The lowest BCUT2D eigenvalue weighted by Gasteiger charge is -2.12. The maximum atomic E-state index is 12.2. The monoisotopic (exact) mass is 323 g/mol. The molecule has 1 aromatic carbocycles. The second-order valence-electron chi connectivity index (χ2n) is 3.45. The zero-order valence-corrected chi connectivity index (χ0v) is 13.3. The van der Waals surface area contributed by atoms with Gasteiger partial charge < -0.3 is 0 Å². The largest absolute Gasteiger partial charge is 0.496 e. The number of thioether (sulfide) groups is 1. The second-order valence-corrected chi connectivity index (χ2v) is 6.76. The number of rotatable bonds is 8. The van der Waals surface area contributed by atoms with Crippen molar-refractivity contribution in [3.8, 4) is 0 Å². The molecule has 1 atom stereocenters. The van der Waals surface area contributed by atoms with Crippen LogP contribution in [0.25, 0.3) is 0 Å². The maximum Gasteiger partial charge on any atom is 0.496 e. The molecule has 0 aliphatic carbocycles. The van der Waals surface area contributed by atoms with Crippen LogP contribution in [0.3, 0.4) is 0 Å². The predicted molar refractivity (Wildman–Crippen MR) is 75.4 cm³/mol. The average Bonchev–Trinajstić information content (AvgIpc) is 2.38. The van der Waals surface area contributed by atoms with Gasteiger partial charge in [-0.3, -0.25) is 0 Å². The molecule has 0 spiro atoms. The molecule has 8 heteroatoms. The van der Waals surface area contributed by atoms with E-state index in [0.717, 1.165) is 5.75 Å². The average molecular weight is 323 g/mol. The minimum Gasteiger partial charge on any atom is -0.232 e. The van der Waals surface area contributed by atoms with Crippen molar-refractivity contribution < 1.29 is 21.7 Å². The molecule has 0 saturated heterocycles. The lowest BCUT2D eigenvalue weighted by atomic mass is 10.2. The van der Waals surface area contributed by atoms with E-state index < -0.39 is 25.6 Å². The summed E-state index contributed by atoms with van der Waals surface area (Å²) in [6, 6.07) is 5.33. The first-order valence-electron chi connectivity index (χ1n) is 5.69. The van der Waals surface area contributed by atoms with Gasteiger partial charge >= 0.3 is 18.8 Å². The summed E-state index contributed by atoms with van der Waals surface area (Å²) in [7, 11) is -4.96. The Morgan fingerprint density at radius 1 is 1.32 bits per heavy atom. The molecule has 0 aromatic heterocycles. The maximum absolute atomic E-state index is 12.2. The van der Waals surface area contributed by atoms with Crippen LogP contribution in [0.15, 0.2) is 28.0 Å². The van der Waals surface area contributed by atoms with E-state index in [1.807, 2.05) is 19.9 Å². The summed E-state index contributed by atoms with van der Waals surface area (Å²) in [5.41, 5.74) is 0.697. The third-order valence-corrected chi connectivity index (χ3v) is 5.01. The minimum absolute atomic E-state index is 0.183. The molecule has 0 amide bonds. The molecule has 0 N–H and O–H groups in total. The zero-order chi connectivity index (χ0) is 14.3. The van der Waals surface area contributed by atoms with Crippen molar-refractivity contribution in [2.75, 3.05) is 12.5 Å². The lowest BCUT2D eigenvalue weighted by Crippen LogP contribution is -2.11. The first-order chi connectivity index (χ1) is 9.06. The normalized spacial score (nSPS) is 11.9. The fourth-order valence-electron chi connectivity index (χ4n) is 1.56. The lowest BCUT2D eigenvalue weighted by molar-refractivity contribution is 0.139. The zero-order valence-electron chi connectivity index (χ0n) is 10.7. The van der Waals surface area contributed by atoms with Crippen LogP contribution in [-0.2, 0) is 29.8 Å². The van der Waals surface area contributed by atoms with Crippen molar-refractivity contribution in [2.45, 2.75) is 30.1 Å². The SMILES string of the molecule is CCSc1cccc(CC)c1S(=O)(=O)OCO[PH+]=O. The van der Waals surface area contributed by atoms with Crippen LogP contribution in [0, 0.1) is 0 Å². The van der Waals surface area contributed by atoms with E-state index >= 15 is 0 Å². The van der Waals surface area contributed by atoms with Crippen LogP contribution in [0.5, 0.6) is 0 Å². The van der Waals surface area contributed by atoms with Gasteiger partial charge in [-0.1, -0.05) is 26.0 Å². The molecule has 0 aliphatic heterocycles. The van der Waals surface area contributed by atoms with Gasteiger partial charge in [0, 0.05) is 4.90 Å². The Morgan fingerprint density at radius 2 is 2.05 bits per heavy atom. The third kappa shape index (κ3) is 4.54. The highest BCUT2D eigenvalue weighted by molar-refractivity contribution is 8.00. The summed E-state index contributed by atoms with van der Waals surface area (Å²) in [6.07, 6.45) is 0.584. The van der Waals surface area contributed by atoms with Gasteiger partial charge in [0.1, 0.15) is 4.90 Å². The molecule has 1 rings (SSSR count). The quantitative estimate of drug-likeness (QED) is 0.241. The van der Waals surface area contributed by atoms with E-state index in [-0.39, 0.29) is 4.90 Å². The Bertz CT molecular complexity index is 530. The smallest absolute Gasteiger partial charge is 0.232 e. The van der Waals surface area contributed by atoms with Crippen molar-refractivity contribution in [1.82, 2.24) is 0 Å². The Kier molecular flexibility index (Phi) is 6.96. The Balaban J connectivity index is 3.17. The second kappa shape index (κ2) is 7.97. The molecule has 1 unspecified atom stereocenters. The molecule has 0 bridgehead atoms. The molecule has 0 aliphatic rings. The highest BCUT2D eigenvalue weighted by atomic mass is 32.2. The van der Waals surface area contributed by atoms with Gasteiger partial charge in [-0.05, 0) is 28.4 Å². The van der Waals surface area contributed by atoms with Gasteiger partial charge in [0.25, 0.3) is 0 Å². The molecule has 19 heavy (non-hydrogen) atoms. The third-order valence-electron chi connectivity index (χ3n) is 2.31. The highest BCUT2D eigenvalue weighted by Gasteiger charge is 2.23. The van der Waals surface area contributed by atoms with Gasteiger partial charge in [-0.25, -0.2) is 4.18 Å². The summed E-state index contributed by atoms with van der Waals surface area (Å²) in [4.78, 5) is 0.841. The number of aryl methyl sites for hydroxylation is 1. The van der Waals surface area contributed by atoms with Crippen molar-refractivity contribution >= 4 is 30.6 Å².